The van der Waals surface area contributed by atoms with Crippen molar-refractivity contribution < 1.29 is 9.84 Å². The van der Waals surface area contributed by atoms with Crippen molar-refractivity contribution in [2.75, 3.05) is 0 Å². The molecule has 0 saturated carbocycles. The summed E-state index contributed by atoms with van der Waals surface area (Å²) in [5, 5.41) is 13.7. The molecule has 6 heteroatoms. The highest BCUT2D eigenvalue weighted by Gasteiger charge is 2.11. The fraction of sp³-hybridized carbons (Fsp3) is 0.333. The molecule has 0 aliphatic carbocycles. The molecular formula is C12H14ClN3O2. The third-order valence-electron chi connectivity index (χ3n) is 2.60. The fourth-order valence-corrected chi connectivity index (χ4v) is 1.79. The third-order valence-corrected chi connectivity index (χ3v) is 3.09. The summed E-state index contributed by atoms with van der Waals surface area (Å²) in [4.78, 5) is 4.03. The van der Waals surface area contributed by atoms with E-state index in [4.69, 9.17) is 21.4 Å². The largest absolute Gasteiger partial charge is 0.486 e. The van der Waals surface area contributed by atoms with Crippen molar-refractivity contribution >= 4 is 11.6 Å². The predicted molar refractivity (Wildman–Crippen MR) is 67.4 cm³/mol. The first-order chi connectivity index (χ1) is 8.61. The van der Waals surface area contributed by atoms with Crippen LogP contribution in [0.2, 0.25) is 5.02 Å². The molecule has 5 nitrogen and oxygen atoms in total. The Morgan fingerprint density at radius 2 is 2.22 bits per heavy atom. The van der Waals surface area contributed by atoms with Gasteiger partial charge in [-0.1, -0.05) is 11.6 Å². The van der Waals surface area contributed by atoms with E-state index in [2.05, 4.69) is 10.1 Å². The summed E-state index contributed by atoms with van der Waals surface area (Å²) in [5.41, 5.74) is 2.21. The van der Waals surface area contributed by atoms with Gasteiger partial charge in [0.25, 0.3) is 0 Å². The molecule has 2 heterocycles. The van der Waals surface area contributed by atoms with Crippen LogP contribution in [0.1, 0.15) is 17.1 Å². The number of aliphatic hydroxyl groups excluding tert-OH is 1. The second-order valence-corrected chi connectivity index (χ2v) is 4.28. The number of hydrogen-bond acceptors (Lipinski definition) is 4. The molecule has 0 atom stereocenters. The lowest BCUT2D eigenvalue weighted by Gasteiger charge is -2.07. The van der Waals surface area contributed by atoms with Gasteiger partial charge in [-0.3, -0.25) is 9.67 Å². The average Bonchev–Trinajstić information content (AvgIpc) is 2.62. The quantitative estimate of drug-likeness (QED) is 0.918. The molecule has 96 valence electrons. The Morgan fingerprint density at radius 3 is 2.72 bits per heavy atom. The molecule has 0 aromatic carbocycles. The summed E-state index contributed by atoms with van der Waals surface area (Å²) in [6.45, 7) is 2.10. The zero-order chi connectivity index (χ0) is 13.1. The first kappa shape index (κ1) is 12.9. The minimum absolute atomic E-state index is 0.0764. The summed E-state index contributed by atoms with van der Waals surface area (Å²) in [6, 6.07) is 3.47. The first-order valence-corrected chi connectivity index (χ1v) is 5.86. The van der Waals surface area contributed by atoms with Gasteiger partial charge < -0.3 is 9.84 Å². The van der Waals surface area contributed by atoms with E-state index < -0.39 is 0 Å². The van der Waals surface area contributed by atoms with Crippen molar-refractivity contribution in [3.8, 4) is 5.75 Å². The van der Waals surface area contributed by atoms with E-state index in [1.807, 2.05) is 14.0 Å². The molecule has 2 aromatic rings. The molecule has 2 rings (SSSR count). The number of aromatic nitrogens is 3. The predicted octanol–water partition coefficient (Wildman–Crippen LogP) is 1.85. The number of halogens is 1. The number of aryl methyl sites for hydroxylation is 2. The van der Waals surface area contributed by atoms with E-state index in [-0.39, 0.29) is 6.61 Å². The molecular weight excluding hydrogens is 254 g/mol. The molecule has 0 unspecified atom stereocenters. The standard InChI is InChI=1S/C12H14ClN3O2/c1-8-12(13)11(16(2)15-8)7-18-10-4-3-9(6-17)14-5-10/h3-5,17H,6-7H2,1-2H3. The summed E-state index contributed by atoms with van der Waals surface area (Å²) < 4.78 is 7.28. The highest BCUT2D eigenvalue weighted by atomic mass is 35.5. The van der Waals surface area contributed by atoms with Crippen LogP contribution in [0, 0.1) is 6.92 Å². The van der Waals surface area contributed by atoms with Crippen LogP contribution >= 0.6 is 11.6 Å². The van der Waals surface area contributed by atoms with Crippen molar-refractivity contribution in [3.05, 3.63) is 40.4 Å². The average molecular weight is 268 g/mol. The summed E-state index contributed by atoms with van der Waals surface area (Å²) in [7, 11) is 1.82. The molecule has 0 aliphatic heterocycles. The van der Waals surface area contributed by atoms with Gasteiger partial charge in [0.2, 0.25) is 0 Å². The van der Waals surface area contributed by atoms with Crippen LogP contribution in [-0.2, 0) is 20.3 Å². The molecule has 0 aliphatic rings. The summed E-state index contributed by atoms with van der Waals surface area (Å²) in [5.74, 6) is 0.627. The van der Waals surface area contributed by atoms with E-state index >= 15 is 0 Å². The van der Waals surface area contributed by atoms with Crippen molar-refractivity contribution in [2.24, 2.45) is 7.05 Å². The summed E-state index contributed by atoms with van der Waals surface area (Å²) in [6.07, 6.45) is 1.57. The first-order valence-electron chi connectivity index (χ1n) is 5.48. The normalized spacial score (nSPS) is 10.7. The molecule has 0 bridgehead atoms. The van der Waals surface area contributed by atoms with Gasteiger partial charge in [-0.2, -0.15) is 5.10 Å². The molecule has 2 aromatic heterocycles. The maximum atomic E-state index is 8.88. The van der Waals surface area contributed by atoms with Crippen LogP contribution in [0.4, 0.5) is 0 Å². The lowest BCUT2D eigenvalue weighted by molar-refractivity contribution is 0.274. The lowest BCUT2D eigenvalue weighted by atomic mass is 10.3. The van der Waals surface area contributed by atoms with E-state index in [1.54, 1.807) is 23.0 Å². The number of nitrogens with zero attached hydrogens (tertiary/aromatic N) is 3. The Labute approximate surface area is 110 Å². The van der Waals surface area contributed by atoms with E-state index in [1.165, 1.54) is 0 Å². The summed E-state index contributed by atoms with van der Waals surface area (Å²) >= 11 is 6.12. The second-order valence-electron chi connectivity index (χ2n) is 3.90. The molecule has 0 radical (unpaired) electrons. The second kappa shape index (κ2) is 5.37. The fourth-order valence-electron chi connectivity index (χ4n) is 1.58. The van der Waals surface area contributed by atoms with E-state index in [0.29, 0.717) is 23.1 Å². The smallest absolute Gasteiger partial charge is 0.138 e. The highest BCUT2D eigenvalue weighted by molar-refractivity contribution is 6.31. The van der Waals surface area contributed by atoms with Gasteiger partial charge in [-0.15, -0.1) is 0 Å². The van der Waals surface area contributed by atoms with Crippen LogP contribution in [0.3, 0.4) is 0 Å². The number of aliphatic hydroxyl groups is 1. The number of rotatable bonds is 4. The monoisotopic (exact) mass is 267 g/mol. The number of pyridine rings is 1. The van der Waals surface area contributed by atoms with Crippen LogP contribution in [0.15, 0.2) is 18.3 Å². The molecule has 0 fully saturated rings. The van der Waals surface area contributed by atoms with Crippen molar-refractivity contribution in [1.29, 1.82) is 0 Å². The van der Waals surface area contributed by atoms with Gasteiger partial charge >= 0.3 is 0 Å². The van der Waals surface area contributed by atoms with E-state index in [0.717, 1.165) is 11.4 Å². The Bertz CT molecular complexity index is 537. The van der Waals surface area contributed by atoms with Crippen LogP contribution in [-0.4, -0.2) is 19.9 Å². The molecule has 18 heavy (non-hydrogen) atoms. The lowest BCUT2D eigenvalue weighted by Crippen LogP contribution is -2.04. The third kappa shape index (κ3) is 2.63. The Kier molecular flexibility index (Phi) is 3.84. The number of ether oxygens (including phenoxy) is 1. The maximum Gasteiger partial charge on any atom is 0.138 e. The van der Waals surface area contributed by atoms with Crippen molar-refractivity contribution in [1.82, 2.24) is 14.8 Å². The van der Waals surface area contributed by atoms with E-state index in [9.17, 15) is 0 Å². The zero-order valence-corrected chi connectivity index (χ0v) is 11.0. The maximum absolute atomic E-state index is 8.88. The minimum atomic E-state index is -0.0764. The molecule has 0 amide bonds. The SMILES string of the molecule is Cc1nn(C)c(COc2ccc(CO)nc2)c1Cl. The number of hydrogen-bond donors (Lipinski definition) is 1. The Balaban J connectivity index is 2.06. The zero-order valence-electron chi connectivity index (χ0n) is 10.2. The van der Waals surface area contributed by atoms with Gasteiger partial charge in [0.1, 0.15) is 12.4 Å². The van der Waals surface area contributed by atoms with Gasteiger partial charge in [-0.05, 0) is 19.1 Å². The minimum Gasteiger partial charge on any atom is -0.486 e. The van der Waals surface area contributed by atoms with Gasteiger partial charge in [-0.25, -0.2) is 0 Å². The van der Waals surface area contributed by atoms with Crippen LogP contribution < -0.4 is 4.74 Å². The van der Waals surface area contributed by atoms with Crippen molar-refractivity contribution in [2.45, 2.75) is 20.1 Å². The van der Waals surface area contributed by atoms with Crippen LogP contribution in [0.5, 0.6) is 5.75 Å². The molecule has 0 spiro atoms. The Morgan fingerprint density at radius 1 is 1.44 bits per heavy atom. The van der Waals surface area contributed by atoms with Gasteiger partial charge in [0, 0.05) is 7.05 Å². The highest BCUT2D eigenvalue weighted by Crippen LogP contribution is 2.21. The van der Waals surface area contributed by atoms with Crippen LogP contribution in [0.25, 0.3) is 0 Å². The van der Waals surface area contributed by atoms with Gasteiger partial charge in [0.15, 0.2) is 0 Å². The molecule has 1 N–H and O–H groups in total. The molecule has 0 saturated heterocycles. The van der Waals surface area contributed by atoms with Crippen molar-refractivity contribution in [3.63, 3.8) is 0 Å². The van der Waals surface area contributed by atoms with Gasteiger partial charge in [0.05, 0.1) is 34.9 Å². The Hall–Kier alpha value is -1.59. The topological polar surface area (TPSA) is 60.2 Å².